The van der Waals surface area contributed by atoms with Crippen molar-refractivity contribution in [3.63, 3.8) is 0 Å². The first kappa shape index (κ1) is 26.9. The van der Waals surface area contributed by atoms with Crippen LogP contribution in [0.25, 0.3) is 0 Å². The molecular formula is C20H35ClIN5O. The molecule has 0 bridgehead atoms. The van der Waals surface area contributed by atoms with Crippen LogP contribution in [0.5, 0.6) is 0 Å². The number of benzene rings is 1. The van der Waals surface area contributed by atoms with Crippen molar-refractivity contribution < 1.29 is 4.79 Å². The van der Waals surface area contributed by atoms with E-state index in [2.05, 4.69) is 45.8 Å². The summed E-state index contributed by atoms with van der Waals surface area (Å²) in [6.07, 6.45) is 0. The van der Waals surface area contributed by atoms with Gasteiger partial charge in [0.25, 0.3) is 0 Å². The molecule has 3 N–H and O–H groups in total. The molecule has 0 saturated carbocycles. The Balaban J connectivity index is 0.00000729. The Morgan fingerprint density at radius 3 is 2.25 bits per heavy atom. The minimum absolute atomic E-state index is 0. The van der Waals surface area contributed by atoms with Gasteiger partial charge in [-0.05, 0) is 24.7 Å². The van der Waals surface area contributed by atoms with Crippen molar-refractivity contribution in [2.24, 2.45) is 10.9 Å². The van der Waals surface area contributed by atoms with E-state index in [1.54, 1.807) is 7.05 Å². The molecule has 0 aliphatic heterocycles. The summed E-state index contributed by atoms with van der Waals surface area (Å²) in [5, 5.41) is 10.3. The molecule has 0 aliphatic rings. The Bertz CT molecular complexity index is 608. The number of amides is 1. The zero-order valence-corrected chi connectivity index (χ0v) is 20.7. The predicted octanol–water partition coefficient (Wildman–Crippen LogP) is 3.28. The summed E-state index contributed by atoms with van der Waals surface area (Å²) in [6, 6.07) is 8.11. The molecule has 0 aliphatic carbocycles. The van der Waals surface area contributed by atoms with E-state index in [4.69, 9.17) is 11.6 Å². The van der Waals surface area contributed by atoms with Crippen LogP contribution in [0.1, 0.15) is 39.3 Å². The first-order valence-electron chi connectivity index (χ1n) is 9.65. The second-order valence-corrected chi connectivity index (χ2v) is 6.99. The minimum Gasteiger partial charge on any atom is -0.355 e. The average molecular weight is 524 g/mol. The van der Waals surface area contributed by atoms with Gasteiger partial charge in [-0.15, -0.1) is 24.0 Å². The number of hydrogen-bond donors (Lipinski definition) is 3. The maximum absolute atomic E-state index is 11.6. The van der Waals surface area contributed by atoms with Crippen molar-refractivity contribution in [2.45, 2.75) is 33.7 Å². The number of rotatable bonds is 10. The number of likely N-dealkylation sites (N-methyl/N-ethyl adjacent to an activating group) is 1. The van der Waals surface area contributed by atoms with Crippen LogP contribution in [0.4, 0.5) is 0 Å². The Labute approximate surface area is 191 Å². The van der Waals surface area contributed by atoms with Crippen LogP contribution in [-0.2, 0) is 4.79 Å². The number of nitrogens with one attached hydrogen (secondary N) is 3. The molecule has 1 rings (SSSR count). The molecule has 28 heavy (non-hydrogen) atoms. The Hall–Kier alpha value is -1.06. The Morgan fingerprint density at radius 2 is 1.71 bits per heavy atom. The number of halogens is 2. The fraction of sp³-hybridized carbons (Fsp3) is 0.600. The van der Waals surface area contributed by atoms with Crippen LogP contribution in [0.3, 0.4) is 0 Å². The topological polar surface area (TPSA) is 68.8 Å². The number of carbonyl (C=O) groups is 1. The highest BCUT2D eigenvalue weighted by Gasteiger charge is 2.20. The standard InChI is InChI=1S/C20H34ClN5O.HI/c1-6-26(7-2)18(16-10-8-9-11-17(16)21)14-25-20(22-5)24-13-12-23-19(27)15(3)4;/h8-11,15,18H,6-7,12-14H2,1-5H3,(H,23,27)(H2,22,24,25);1H. The molecule has 0 aromatic heterocycles. The summed E-state index contributed by atoms with van der Waals surface area (Å²) in [7, 11) is 1.74. The zero-order chi connectivity index (χ0) is 20.2. The normalized spacial score (nSPS) is 12.5. The van der Waals surface area contributed by atoms with Crippen LogP contribution in [0.15, 0.2) is 29.3 Å². The van der Waals surface area contributed by atoms with E-state index < -0.39 is 0 Å². The lowest BCUT2D eigenvalue weighted by Gasteiger charge is -2.31. The third kappa shape index (κ3) is 8.96. The molecule has 1 atom stereocenters. The van der Waals surface area contributed by atoms with Crippen LogP contribution < -0.4 is 16.0 Å². The quantitative estimate of drug-likeness (QED) is 0.191. The van der Waals surface area contributed by atoms with Crippen LogP contribution in [0, 0.1) is 5.92 Å². The number of hydrogen-bond acceptors (Lipinski definition) is 3. The summed E-state index contributed by atoms with van der Waals surface area (Å²) >= 11 is 6.44. The number of aliphatic imine (C=N–C) groups is 1. The van der Waals surface area contributed by atoms with Gasteiger partial charge in [-0.25, -0.2) is 0 Å². The van der Waals surface area contributed by atoms with Crippen LogP contribution in [-0.4, -0.2) is 56.5 Å². The van der Waals surface area contributed by atoms with Crippen molar-refractivity contribution in [3.05, 3.63) is 34.9 Å². The van der Waals surface area contributed by atoms with E-state index in [1.165, 1.54) is 0 Å². The fourth-order valence-electron chi connectivity index (χ4n) is 2.83. The van der Waals surface area contributed by atoms with Crippen molar-refractivity contribution in [1.29, 1.82) is 0 Å². The smallest absolute Gasteiger partial charge is 0.222 e. The highest BCUT2D eigenvalue weighted by Crippen LogP contribution is 2.26. The number of guanidine groups is 1. The van der Waals surface area contributed by atoms with E-state index >= 15 is 0 Å². The van der Waals surface area contributed by atoms with Gasteiger partial charge in [0, 0.05) is 37.6 Å². The van der Waals surface area contributed by atoms with Gasteiger partial charge in [-0.2, -0.15) is 0 Å². The van der Waals surface area contributed by atoms with E-state index in [9.17, 15) is 4.79 Å². The van der Waals surface area contributed by atoms with Crippen molar-refractivity contribution in [1.82, 2.24) is 20.9 Å². The zero-order valence-electron chi connectivity index (χ0n) is 17.6. The lowest BCUT2D eigenvalue weighted by atomic mass is 10.0. The van der Waals surface area contributed by atoms with E-state index in [-0.39, 0.29) is 41.8 Å². The monoisotopic (exact) mass is 523 g/mol. The fourth-order valence-corrected chi connectivity index (χ4v) is 3.09. The van der Waals surface area contributed by atoms with Gasteiger partial charge in [0.1, 0.15) is 0 Å². The molecule has 0 heterocycles. The van der Waals surface area contributed by atoms with E-state index in [0.29, 0.717) is 25.6 Å². The minimum atomic E-state index is -0.00659. The second-order valence-electron chi connectivity index (χ2n) is 6.58. The summed E-state index contributed by atoms with van der Waals surface area (Å²) in [5.41, 5.74) is 1.11. The first-order valence-corrected chi connectivity index (χ1v) is 10.0. The highest BCUT2D eigenvalue weighted by atomic mass is 127. The van der Waals surface area contributed by atoms with Gasteiger partial charge in [0.15, 0.2) is 5.96 Å². The molecule has 160 valence electrons. The molecule has 1 amide bonds. The van der Waals surface area contributed by atoms with Crippen molar-refractivity contribution in [3.8, 4) is 0 Å². The maximum atomic E-state index is 11.6. The SMILES string of the molecule is CCN(CC)C(CNC(=NC)NCCNC(=O)C(C)C)c1ccccc1Cl.I. The van der Waals surface area contributed by atoms with E-state index in [1.807, 2.05) is 32.0 Å². The second kappa shape index (κ2) is 14.9. The molecule has 0 radical (unpaired) electrons. The lowest BCUT2D eigenvalue weighted by molar-refractivity contribution is -0.123. The first-order chi connectivity index (χ1) is 12.9. The largest absolute Gasteiger partial charge is 0.355 e. The third-order valence-corrected chi connectivity index (χ3v) is 4.79. The summed E-state index contributed by atoms with van der Waals surface area (Å²) in [4.78, 5) is 18.2. The van der Waals surface area contributed by atoms with Gasteiger partial charge in [0.2, 0.25) is 5.91 Å². The molecule has 1 unspecified atom stereocenters. The summed E-state index contributed by atoms with van der Waals surface area (Å²) in [6.45, 7) is 11.8. The predicted molar refractivity (Wildman–Crippen MR) is 130 cm³/mol. The Morgan fingerprint density at radius 1 is 1.11 bits per heavy atom. The molecular weight excluding hydrogens is 489 g/mol. The lowest BCUT2D eigenvalue weighted by Crippen LogP contribution is -2.45. The number of nitrogens with zero attached hydrogens (tertiary/aromatic N) is 2. The van der Waals surface area contributed by atoms with Crippen LogP contribution in [0.2, 0.25) is 5.02 Å². The molecule has 8 heteroatoms. The molecule has 6 nitrogen and oxygen atoms in total. The van der Waals surface area contributed by atoms with Gasteiger partial charge < -0.3 is 16.0 Å². The van der Waals surface area contributed by atoms with Gasteiger partial charge >= 0.3 is 0 Å². The molecule has 0 saturated heterocycles. The number of carbonyl (C=O) groups excluding carboxylic acids is 1. The van der Waals surface area contributed by atoms with Gasteiger partial charge in [-0.3, -0.25) is 14.7 Å². The molecule has 1 aromatic rings. The Kier molecular flexibility index (Phi) is 14.3. The van der Waals surface area contributed by atoms with Crippen molar-refractivity contribution >= 4 is 47.4 Å². The van der Waals surface area contributed by atoms with Crippen LogP contribution >= 0.6 is 35.6 Å². The van der Waals surface area contributed by atoms with Gasteiger partial charge in [0.05, 0.1) is 6.04 Å². The summed E-state index contributed by atoms with van der Waals surface area (Å²) in [5.74, 6) is 0.756. The molecule has 1 aromatic carbocycles. The van der Waals surface area contributed by atoms with Crippen molar-refractivity contribution in [2.75, 3.05) is 39.8 Å². The third-order valence-electron chi connectivity index (χ3n) is 4.44. The maximum Gasteiger partial charge on any atom is 0.222 e. The molecule has 0 fully saturated rings. The average Bonchev–Trinajstić information content (AvgIpc) is 2.66. The summed E-state index contributed by atoms with van der Waals surface area (Å²) < 4.78 is 0. The van der Waals surface area contributed by atoms with E-state index in [0.717, 1.165) is 23.7 Å². The molecule has 0 spiro atoms. The van der Waals surface area contributed by atoms with Gasteiger partial charge in [-0.1, -0.05) is 57.5 Å². The highest BCUT2D eigenvalue weighted by molar-refractivity contribution is 14.0.